The molecule has 0 bridgehead atoms. The number of aromatic nitrogens is 1. The Morgan fingerprint density at radius 2 is 2.36 bits per heavy atom. The predicted molar refractivity (Wildman–Crippen MR) is 67.6 cm³/mol. The summed E-state index contributed by atoms with van der Waals surface area (Å²) in [4.78, 5) is 4.45. The van der Waals surface area contributed by atoms with Crippen molar-refractivity contribution >= 4 is 28.2 Å². The van der Waals surface area contributed by atoms with E-state index < -0.39 is 0 Å². The van der Waals surface area contributed by atoms with Gasteiger partial charge in [0.2, 0.25) is 0 Å². The monoisotopic (exact) mass is 230 g/mol. The van der Waals surface area contributed by atoms with Crippen molar-refractivity contribution in [3.8, 4) is 0 Å². The van der Waals surface area contributed by atoms with Crippen molar-refractivity contribution in [2.24, 2.45) is 0 Å². The molecule has 0 spiro atoms. The fourth-order valence-corrected chi connectivity index (χ4v) is 2.43. The lowest BCUT2D eigenvalue weighted by molar-refractivity contribution is 0.841. The Morgan fingerprint density at radius 1 is 1.50 bits per heavy atom. The maximum atomic E-state index is 4.45. The first-order valence-corrected chi connectivity index (χ1v) is 7.31. The highest BCUT2D eigenvalue weighted by atomic mass is 32.2. The maximum absolute atomic E-state index is 4.45. The van der Waals surface area contributed by atoms with Crippen molar-refractivity contribution in [3.63, 3.8) is 0 Å². The molecule has 0 fully saturated rings. The van der Waals surface area contributed by atoms with Gasteiger partial charge in [-0.15, -0.1) is 11.3 Å². The molecule has 0 aliphatic heterocycles. The quantitative estimate of drug-likeness (QED) is 0.728. The molecular weight excluding hydrogens is 212 g/mol. The zero-order chi connectivity index (χ0) is 10.2. The van der Waals surface area contributed by atoms with Gasteiger partial charge in [-0.05, 0) is 31.3 Å². The molecule has 0 atom stereocenters. The van der Waals surface area contributed by atoms with Crippen molar-refractivity contribution in [2.45, 2.75) is 26.2 Å². The minimum Gasteiger partial charge on any atom is -0.362 e. The van der Waals surface area contributed by atoms with Crippen molar-refractivity contribution in [2.75, 3.05) is 23.9 Å². The third kappa shape index (κ3) is 4.33. The van der Waals surface area contributed by atoms with Crippen LogP contribution in [0.4, 0.5) is 5.13 Å². The van der Waals surface area contributed by atoms with Gasteiger partial charge in [-0.25, -0.2) is 4.98 Å². The summed E-state index contributed by atoms with van der Waals surface area (Å²) in [6.45, 7) is 3.19. The average molecular weight is 230 g/mol. The van der Waals surface area contributed by atoms with Crippen LogP contribution in [0.25, 0.3) is 0 Å². The lowest BCUT2D eigenvalue weighted by Gasteiger charge is -2.01. The molecule has 4 heteroatoms. The summed E-state index contributed by atoms with van der Waals surface area (Å²) in [5.74, 6) is 1.26. The first-order valence-electron chi connectivity index (χ1n) is 5.04. The Kier molecular flexibility index (Phi) is 6.03. The number of hydrogen-bond donors (Lipinski definition) is 1. The SMILES string of the molecule is CCc1csc(NCCCCSC)n1. The van der Waals surface area contributed by atoms with Gasteiger partial charge in [-0.2, -0.15) is 11.8 Å². The zero-order valence-corrected chi connectivity index (χ0v) is 10.5. The van der Waals surface area contributed by atoms with E-state index in [0.29, 0.717) is 0 Å². The minimum absolute atomic E-state index is 1.03. The number of unbranched alkanes of at least 4 members (excludes halogenated alkanes) is 1. The van der Waals surface area contributed by atoms with Gasteiger partial charge in [0, 0.05) is 11.9 Å². The number of thioether (sulfide) groups is 1. The van der Waals surface area contributed by atoms with Gasteiger partial charge in [-0.1, -0.05) is 6.92 Å². The largest absolute Gasteiger partial charge is 0.362 e. The molecule has 0 saturated carbocycles. The Labute approximate surface area is 94.5 Å². The summed E-state index contributed by atoms with van der Waals surface area (Å²) in [5, 5.41) is 6.56. The van der Waals surface area contributed by atoms with Crippen LogP contribution in [0, 0.1) is 0 Å². The van der Waals surface area contributed by atoms with E-state index >= 15 is 0 Å². The van der Waals surface area contributed by atoms with Gasteiger partial charge in [0.25, 0.3) is 0 Å². The van der Waals surface area contributed by atoms with Gasteiger partial charge < -0.3 is 5.32 Å². The molecule has 0 aliphatic carbocycles. The summed E-state index contributed by atoms with van der Waals surface area (Å²) < 4.78 is 0. The van der Waals surface area contributed by atoms with Crippen molar-refractivity contribution in [1.29, 1.82) is 0 Å². The van der Waals surface area contributed by atoms with E-state index in [4.69, 9.17) is 0 Å². The molecular formula is C10H18N2S2. The molecule has 0 aromatic carbocycles. The lowest BCUT2D eigenvalue weighted by atomic mass is 10.3. The maximum Gasteiger partial charge on any atom is 0.182 e. The summed E-state index contributed by atoms with van der Waals surface area (Å²) in [5.41, 5.74) is 1.20. The van der Waals surface area contributed by atoms with E-state index in [1.807, 2.05) is 11.8 Å². The Balaban J connectivity index is 2.12. The van der Waals surface area contributed by atoms with E-state index in [1.54, 1.807) is 11.3 Å². The average Bonchev–Trinajstić information content (AvgIpc) is 2.65. The van der Waals surface area contributed by atoms with E-state index in [2.05, 4.69) is 28.9 Å². The number of thiazole rings is 1. The number of aryl methyl sites for hydroxylation is 1. The van der Waals surface area contributed by atoms with E-state index in [0.717, 1.165) is 18.1 Å². The second kappa shape index (κ2) is 7.12. The van der Waals surface area contributed by atoms with Crippen LogP contribution in [0.3, 0.4) is 0 Å². The molecule has 0 radical (unpaired) electrons. The summed E-state index contributed by atoms with van der Waals surface area (Å²) in [7, 11) is 0. The highest BCUT2D eigenvalue weighted by molar-refractivity contribution is 7.98. The smallest absolute Gasteiger partial charge is 0.182 e. The highest BCUT2D eigenvalue weighted by Crippen LogP contribution is 2.15. The third-order valence-electron chi connectivity index (χ3n) is 1.97. The summed E-state index contributed by atoms with van der Waals surface area (Å²) >= 11 is 3.63. The minimum atomic E-state index is 1.03. The van der Waals surface area contributed by atoms with E-state index in [1.165, 1.54) is 24.3 Å². The van der Waals surface area contributed by atoms with Crippen molar-refractivity contribution < 1.29 is 0 Å². The molecule has 0 unspecified atom stereocenters. The van der Waals surface area contributed by atoms with Gasteiger partial charge in [0.05, 0.1) is 5.69 Å². The lowest BCUT2D eigenvalue weighted by Crippen LogP contribution is -2.01. The van der Waals surface area contributed by atoms with Crippen LogP contribution < -0.4 is 5.32 Å². The van der Waals surface area contributed by atoms with Gasteiger partial charge >= 0.3 is 0 Å². The topological polar surface area (TPSA) is 24.9 Å². The molecule has 0 aliphatic rings. The van der Waals surface area contributed by atoms with Crippen LogP contribution >= 0.6 is 23.1 Å². The van der Waals surface area contributed by atoms with Crippen LogP contribution in [0.2, 0.25) is 0 Å². The molecule has 1 aromatic rings. The van der Waals surface area contributed by atoms with Crippen LogP contribution in [-0.4, -0.2) is 23.5 Å². The fraction of sp³-hybridized carbons (Fsp3) is 0.700. The van der Waals surface area contributed by atoms with Crippen molar-refractivity contribution in [3.05, 3.63) is 11.1 Å². The van der Waals surface area contributed by atoms with Gasteiger partial charge in [0.1, 0.15) is 0 Å². The molecule has 1 N–H and O–H groups in total. The molecule has 14 heavy (non-hydrogen) atoms. The summed E-state index contributed by atoms with van der Waals surface area (Å²) in [6.07, 6.45) is 5.72. The molecule has 0 saturated heterocycles. The Morgan fingerprint density at radius 3 is 3.00 bits per heavy atom. The van der Waals surface area contributed by atoms with Gasteiger partial charge in [0.15, 0.2) is 5.13 Å². The standard InChI is InChI=1S/C10H18N2S2/c1-3-9-8-14-10(12-9)11-6-4-5-7-13-2/h8H,3-7H2,1-2H3,(H,11,12). The molecule has 1 rings (SSSR count). The first kappa shape index (κ1) is 11.9. The van der Waals surface area contributed by atoms with Crippen molar-refractivity contribution in [1.82, 2.24) is 4.98 Å². The number of nitrogens with zero attached hydrogens (tertiary/aromatic N) is 1. The second-order valence-electron chi connectivity index (χ2n) is 3.12. The zero-order valence-electron chi connectivity index (χ0n) is 8.88. The Bertz CT molecular complexity index is 248. The normalized spacial score (nSPS) is 10.4. The van der Waals surface area contributed by atoms with Gasteiger partial charge in [-0.3, -0.25) is 0 Å². The molecule has 1 aromatic heterocycles. The molecule has 2 nitrogen and oxygen atoms in total. The fourth-order valence-electron chi connectivity index (χ4n) is 1.12. The van der Waals surface area contributed by atoms with Crippen LogP contribution in [0.15, 0.2) is 5.38 Å². The third-order valence-corrected chi connectivity index (χ3v) is 3.51. The number of hydrogen-bond acceptors (Lipinski definition) is 4. The second-order valence-corrected chi connectivity index (χ2v) is 4.97. The summed E-state index contributed by atoms with van der Waals surface area (Å²) in [6, 6.07) is 0. The highest BCUT2D eigenvalue weighted by Gasteiger charge is 1.98. The first-order chi connectivity index (χ1) is 6.86. The van der Waals surface area contributed by atoms with Crippen LogP contribution in [0.5, 0.6) is 0 Å². The Hall–Kier alpha value is -0.220. The predicted octanol–water partition coefficient (Wildman–Crippen LogP) is 3.26. The molecule has 0 amide bonds. The van der Waals surface area contributed by atoms with Crippen LogP contribution in [0.1, 0.15) is 25.5 Å². The van der Waals surface area contributed by atoms with Crippen LogP contribution in [-0.2, 0) is 6.42 Å². The van der Waals surface area contributed by atoms with E-state index in [-0.39, 0.29) is 0 Å². The number of anilines is 1. The molecule has 80 valence electrons. The number of rotatable bonds is 7. The number of nitrogens with one attached hydrogen (secondary N) is 1. The molecule has 1 heterocycles. The van der Waals surface area contributed by atoms with E-state index in [9.17, 15) is 0 Å².